The van der Waals surface area contributed by atoms with Gasteiger partial charge in [-0.1, -0.05) is 35.9 Å². The molecule has 3 heteroatoms. The van der Waals surface area contributed by atoms with Crippen LogP contribution in [-0.4, -0.2) is 19.5 Å². The number of ether oxygens (including phenoxy) is 2. The van der Waals surface area contributed by atoms with Crippen LogP contribution in [-0.2, 0) is 11.3 Å². The topological polar surface area (TPSA) is 35.5 Å². The summed E-state index contributed by atoms with van der Waals surface area (Å²) in [5, 5.41) is 0. The molecule has 0 heterocycles. The van der Waals surface area contributed by atoms with Crippen molar-refractivity contribution in [1.29, 1.82) is 0 Å². The van der Waals surface area contributed by atoms with E-state index in [1.807, 2.05) is 56.3 Å². The van der Waals surface area contributed by atoms with Crippen molar-refractivity contribution >= 4 is 5.78 Å². The highest BCUT2D eigenvalue weighted by atomic mass is 16.5. The number of Topliss-reactive ketones (excluding diaryl/α,β-unsaturated/α-hetero) is 1. The first-order chi connectivity index (χ1) is 10.1. The predicted octanol–water partition coefficient (Wildman–Crippen LogP) is 3.71. The van der Waals surface area contributed by atoms with Crippen molar-refractivity contribution in [3.8, 4) is 5.75 Å². The van der Waals surface area contributed by atoms with Gasteiger partial charge in [0.25, 0.3) is 0 Å². The van der Waals surface area contributed by atoms with Gasteiger partial charge >= 0.3 is 0 Å². The molecule has 0 aliphatic heterocycles. The number of aryl methyl sites for hydroxylation is 2. The molecule has 0 radical (unpaired) electrons. The maximum atomic E-state index is 12.1. The van der Waals surface area contributed by atoms with Crippen LogP contribution in [0.3, 0.4) is 0 Å². The number of benzene rings is 2. The summed E-state index contributed by atoms with van der Waals surface area (Å²) >= 11 is 0. The van der Waals surface area contributed by atoms with Gasteiger partial charge in [-0.15, -0.1) is 0 Å². The van der Waals surface area contributed by atoms with Crippen LogP contribution < -0.4 is 4.74 Å². The molecule has 0 aliphatic carbocycles. The van der Waals surface area contributed by atoms with Crippen LogP contribution in [0.2, 0.25) is 0 Å². The van der Waals surface area contributed by atoms with Crippen molar-refractivity contribution in [2.24, 2.45) is 0 Å². The quantitative estimate of drug-likeness (QED) is 0.759. The number of rotatable bonds is 6. The summed E-state index contributed by atoms with van der Waals surface area (Å²) in [6.07, 6.45) is 0. The second-order valence-electron chi connectivity index (χ2n) is 5.09. The van der Waals surface area contributed by atoms with Crippen LogP contribution in [0.4, 0.5) is 0 Å². The van der Waals surface area contributed by atoms with E-state index in [-0.39, 0.29) is 12.4 Å². The summed E-state index contributed by atoms with van der Waals surface area (Å²) in [5.74, 6) is 0.798. The molecule has 21 heavy (non-hydrogen) atoms. The fraction of sp³-hybridized carbons (Fsp3) is 0.278. The largest absolute Gasteiger partial charge is 0.497 e. The van der Waals surface area contributed by atoms with Crippen molar-refractivity contribution in [3.05, 3.63) is 64.7 Å². The first kappa shape index (κ1) is 15.3. The number of methoxy groups -OCH3 is 1. The molecule has 0 saturated carbocycles. The summed E-state index contributed by atoms with van der Waals surface area (Å²) in [7, 11) is 1.63. The van der Waals surface area contributed by atoms with Crippen LogP contribution in [0.5, 0.6) is 5.75 Å². The average Bonchev–Trinajstić information content (AvgIpc) is 2.47. The SMILES string of the molecule is COc1cccc(COCC(=O)c2ccc(C)cc2C)c1. The molecule has 3 nitrogen and oxygen atoms in total. The third-order valence-electron chi connectivity index (χ3n) is 3.32. The average molecular weight is 284 g/mol. The first-order valence-corrected chi connectivity index (χ1v) is 6.91. The lowest BCUT2D eigenvalue weighted by Gasteiger charge is -2.08. The summed E-state index contributed by atoms with van der Waals surface area (Å²) in [6.45, 7) is 4.44. The highest BCUT2D eigenvalue weighted by Gasteiger charge is 2.09. The van der Waals surface area contributed by atoms with Crippen molar-refractivity contribution in [2.75, 3.05) is 13.7 Å². The Bertz CT molecular complexity index is 632. The smallest absolute Gasteiger partial charge is 0.188 e. The van der Waals surface area contributed by atoms with E-state index in [1.165, 1.54) is 0 Å². The van der Waals surface area contributed by atoms with Crippen LogP contribution in [0, 0.1) is 13.8 Å². The first-order valence-electron chi connectivity index (χ1n) is 6.91. The number of carbonyl (C=O) groups excluding carboxylic acids is 1. The molecule has 2 rings (SSSR count). The third-order valence-corrected chi connectivity index (χ3v) is 3.32. The Morgan fingerprint density at radius 1 is 1.10 bits per heavy atom. The van der Waals surface area contributed by atoms with Gasteiger partial charge < -0.3 is 9.47 Å². The zero-order valence-electron chi connectivity index (χ0n) is 12.7. The molecule has 110 valence electrons. The summed E-state index contributed by atoms with van der Waals surface area (Å²) < 4.78 is 10.7. The number of carbonyl (C=O) groups is 1. The van der Waals surface area contributed by atoms with Crippen molar-refractivity contribution in [1.82, 2.24) is 0 Å². The maximum Gasteiger partial charge on any atom is 0.188 e. The Kier molecular flexibility index (Phi) is 5.12. The van der Waals surface area contributed by atoms with Gasteiger partial charge in [-0.05, 0) is 37.1 Å². The van der Waals surface area contributed by atoms with Crippen molar-refractivity contribution < 1.29 is 14.3 Å². The van der Waals surface area contributed by atoms with Gasteiger partial charge in [-0.25, -0.2) is 0 Å². The summed E-state index contributed by atoms with van der Waals surface area (Å²) in [5.41, 5.74) is 3.86. The Labute approximate surface area is 125 Å². The van der Waals surface area contributed by atoms with E-state index in [1.54, 1.807) is 7.11 Å². The second kappa shape index (κ2) is 7.04. The molecule has 0 atom stereocenters. The predicted molar refractivity (Wildman–Crippen MR) is 82.9 cm³/mol. The molecule has 0 aliphatic rings. The number of ketones is 1. The van der Waals surface area contributed by atoms with E-state index < -0.39 is 0 Å². The molecule has 2 aromatic carbocycles. The Morgan fingerprint density at radius 2 is 1.90 bits per heavy atom. The minimum Gasteiger partial charge on any atom is -0.497 e. The number of hydrogen-bond donors (Lipinski definition) is 0. The van der Waals surface area contributed by atoms with E-state index in [0.717, 1.165) is 28.0 Å². The minimum atomic E-state index is 0.00963. The Hall–Kier alpha value is -2.13. The van der Waals surface area contributed by atoms with E-state index in [0.29, 0.717) is 6.61 Å². The van der Waals surface area contributed by atoms with E-state index in [9.17, 15) is 4.79 Å². The standard InChI is InChI=1S/C18H20O3/c1-13-7-8-17(14(2)9-13)18(19)12-21-11-15-5-4-6-16(10-15)20-3/h4-10H,11-12H2,1-3H3. The van der Waals surface area contributed by atoms with Crippen LogP contribution >= 0.6 is 0 Å². The van der Waals surface area contributed by atoms with Crippen molar-refractivity contribution in [2.45, 2.75) is 20.5 Å². The molecular weight excluding hydrogens is 264 g/mol. The van der Waals surface area contributed by atoms with Crippen LogP contribution in [0.1, 0.15) is 27.0 Å². The van der Waals surface area contributed by atoms with E-state index >= 15 is 0 Å². The normalized spacial score (nSPS) is 10.4. The lowest BCUT2D eigenvalue weighted by molar-refractivity contribution is 0.0726. The number of hydrogen-bond acceptors (Lipinski definition) is 3. The van der Waals surface area contributed by atoms with Gasteiger partial charge in [0.2, 0.25) is 0 Å². The van der Waals surface area contributed by atoms with Crippen LogP contribution in [0.15, 0.2) is 42.5 Å². The monoisotopic (exact) mass is 284 g/mol. The minimum absolute atomic E-state index is 0.00963. The molecule has 0 unspecified atom stereocenters. The fourth-order valence-corrected chi connectivity index (χ4v) is 2.23. The van der Waals surface area contributed by atoms with Crippen LogP contribution in [0.25, 0.3) is 0 Å². The van der Waals surface area contributed by atoms with Gasteiger partial charge in [-0.2, -0.15) is 0 Å². The summed E-state index contributed by atoms with van der Waals surface area (Å²) in [6, 6.07) is 13.5. The molecule has 0 spiro atoms. The maximum absolute atomic E-state index is 12.1. The molecule has 0 saturated heterocycles. The molecule has 0 fully saturated rings. The van der Waals surface area contributed by atoms with E-state index in [4.69, 9.17) is 9.47 Å². The molecule has 0 amide bonds. The summed E-state index contributed by atoms with van der Waals surface area (Å²) in [4.78, 5) is 12.1. The molecule has 0 aromatic heterocycles. The highest BCUT2D eigenvalue weighted by molar-refractivity contribution is 5.98. The fourth-order valence-electron chi connectivity index (χ4n) is 2.23. The second-order valence-corrected chi connectivity index (χ2v) is 5.09. The van der Waals surface area contributed by atoms with Gasteiger partial charge in [0, 0.05) is 5.56 Å². The molecule has 0 bridgehead atoms. The third kappa shape index (κ3) is 4.17. The Morgan fingerprint density at radius 3 is 2.62 bits per heavy atom. The molecule has 2 aromatic rings. The lowest BCUT2D eigenvalue weighted by Crippen LogP contribution is -2.10. The Balaban J connectivity index is 1.92. The van der Waals surface area contributed by atoms with Gasteiger partial charge in [-0.3, -0.25) is 4.79 Å². The molecule has 0 N–H and O–H groups in total. The zero-order chi connectivity index (χ0) is 15.2. The van der Waals surface area contributed by atoms with Gasteiger partial charge in [0.05, 0.1) is 13.7 Å². The lowest BCUT2D eigenvalue weighted by atomic mass is 10.0. The highest BCUT2D eigenvalue weighted by Crippen LogP contribution is 2.14. The van der Waals surface area contributed by atoms with Gasteiger partial charge in [0.15, 0.2) is 5.78 Å². The zero-order valence-corrected chi connectivity index (χ0v) is 12.7. The molecular formula is C18H20O3. The van der Waals surface area contributed by atoms with Crippen molar-refractivity contribution in [3.63, 3.8) is 0 Å². The van der Waals surface area contributed by atoms with E-state index in [2.05, 4.69) is 0 Å². The van der Waals surface area contributed by atoms with Gasteiger partial charge in [0.1, 0.15) is 12.4 Å².